The first-order valence-corrected chi connectivity index (χ1v) is 8.08. The summed E-state index contributed by atoms with van der Waals surface area (Å²) in [6.45, 7) is 4.46. The third kappa shape index (κ3) is 3.10. The molecule has 0 spiro atoms. The van der Waals surface area contributed by atoms with Gasteiger partial charge in [-0.25, -0.2) is 4.79 Å². The Hall–Kier alpha value is -3.15. The molecule has 0 radical (unpaired) electrons. The number of benzene rings is 1. The average Bonchev–Trinajstić information content (AvgIpc) is 2.62. The first-order valence-electron chi connectivity index (χ1n) is 8.08. The zero-order valence-corrected chi connectivity index (χ0v) is 14.1. The first-order chi connectivity index (χ1) is 12.0. The van der Waals surface area contributed by atoms with Gasteiger partial charge in [0.2, 0.25) is 5.43 Å². The van der Waals surface area contributed by atoms with Crippen molar-refractivity contribution in [3.8, 4) is 11.1 Å². The number of aryl methyl sites for hydroxylation is 1. The van der Waals surface area contributed by atoms with E-state index in [1.54, 1.807) is 31.3 Å². The molecule has 3 aromatic rings. The smallest absolute Gasteiger partial charge is 0.343 e. The fourth-order valence-electron chi connectivity index (χ4n) is 2.79. The summed E-state index contributed by atoms with van der Waals surface area (Å²) < 4.78 is 7.55. The van der Waals surface area contributed by atoms with Crippen LogP contribution in [-0.2, 0) is 11.3 Å². The van der Waals surface area contributed by atoms with Gasteiger partial charge in [-0.15, -0.1) is 0 Å². The molecule has 0 unspecified atom stereocenters. The van der Waals surface area contributed by atoms with Crippen molar-refractivity contribution in [1.29, 1.82) is 0 Å². The molecule has 1 aromatic carbocycles. The molecule has 0 aliphatic heterocycles. The van der Waals surface area contributed by atoms with Gasteiger partial charge >= 0.3 is 5.97 Å². The monoisotopic (exact) mass is 338 g/mol. The number of nitrogens with zero attached hydrogens (tertiary/aromatic N) is 2. The van der Waals surface area contributed by atoms with Gasteiger partial charge in [-0.1, -0.05) is 6.07 Å². The molecule has 0 fully saturated rings. The number of hydrogen-bond donors (Lipinski definition) is 0. The van der Waals surface area contributed by atoms with Gasteiger partial charge in [-0.3, -0.25) is 4.79 Å². The number of hydrogen-bond acceptors (Lipinski definition) is 4. The highest BCUT2D eigenvalue weighted by molar-refractivity contribution is 5.94. The number of pyridine rings is 2. The van der Waals surface area contributed by atoms with E-state index in [0.717, 1.165) is 21.4 Å². The minimum atomic E-state index is -0.608. The maximum absolute atomic E-state index is 12.6. The summed E-state index contributed by atoms with van der Waals surface area (Å²) in [4.78, 5) is 24.7. The normalized spacial score (nSPS) is 10.8. The van der Waals surface area contributed by atoms with E-state index in [9.17, 15) is 14.8 Å². The van der Waals surface area contributed by atoms with E-state index in [2.05, 4.69) is 0 Å². The van der Waals surface area contributed by atoms with Gasteiger partial charge in [0, 0.05) is 30.3 Å². The van der Waals surface area contributed by atoms with Gasteiger partial charge in [0.15, 0.2) is 12.4 Å². The second-order valence-electron chi connectivity index (χ2n) is 5.56. The fraction of sp³-hybridized carbons (Fsp3) is 0.211. The van der Waals surface area contributed by atoms with E-state index in [1.807, 2.05) is 23.6 Å². The molecule has 0 bridgehead atoms. The van der Waals surface area contributed by atoms with Crippen molar-refractivity contribution in [3.63, 3.8) is 0 Å². The Bertz CT molecular complexity index is 991. The van der Waals surface area contributed by atoms with Crippen LogP contribution in [-0.4, -0.2) is 17.1 Å². The van der Waals surface area contributed by atoms with Gasteiger partial charge in [-0.05, 0) is 37.1 Å². The number of rotatable bonds is 4. The topological polar surface area (TPSA) is 75.2 Å². The number of aromatic nitrogens is 2. The summed E-state index contributed by atoms with van der Waals surface area (Å²) >= 11 is 0. The van der Waals surface area contributed by atoms with E-state index >= 15 is 0 Å². The third-order valence-electron chi connectivity index (χ3n) is 4.05. The van der Waals surface area contributed by atoms with Crippen molar-refractivity contribution >= 4 is 16.9 Å². The molecular formula is C19H18N2O4. The predicted molar refractivity (Wildman–Crippen MR) is 94.2 cm³/mol. The molecule has 3 rings (SSSR count). The highest BCUT2D eigenvalue weighted by Gasteiger charge is 2.16. The van der Waals surface area contributed by atoms with E-state index in [-0.39, 0.29) is 17.6 Å². The van der Waals surface area contributed by atoms with Crippen LogP contribution in [0, 0.1) is 5.21 Å². The van der Waals surface area contributed by atoms with E-state index in [1.165, 1.54) is 12.4 Å². The molecule has 0 saturated heterocycles. The SMILES string of the molecule is CCOC(=O)c1cn(CC)c2cc(-c3cc[n+]([O-])cc3)ccc2c1=O. The molecule has 128 valence electrons. The van der Waals surface area contributed by atoms with Crippen LogP contribution in [0.3, 0.4) is 0 Å². The molecular weight excluding hydrogens is 320 g/mol. The molecule has 25 heavy (non-hydrogen) atoms. The Labute approximate surface area is 144 Å². The minimum Gasteiger partial charge on any atom is -0.619 e. The third-order valence-corrected chi connectivity index (χ3v) is 4.05. The van der Waals surface area contributed by atoms with Crippen molar-refractivity contribution in [2.45, 2.75) is 20.4 Å². The molecule has 0 N–H and O–H groups in total. The maximum atomic E-state index is 12.6. The van der Waals surface area contributed by atoms with Crippen LogP contribution in [0.15, 0.2) is 53.7 Å². The Morgan fingerprint density at radius 1 is 1.16 bits per heavy atom. The Kier molecular flexibility index (Phi) is 4.52. The van der Waals surface area contributed by atoms with Crippen molar-refractivity contribution in [1.82, 2.24) is 4.57 Å². The summed E-state index contributed by atoms with van der Waals surface area (Å²) in [6.07, 6.45) is 4.40. The number of carbonyl (C=O) groups excluding carboxylic acids is 1. The molecule has 0 aliphatic rings. The average molecular weight is 338 g/mol. The number of fused-ring (bicyclic) bond motifs is 1. The highest BCUT2D eigenvalue weighted by atomic mass is 16.5. The lowest BCUT2D eigenvalue weighted by Gasteiger charge is -2.12. The zero-order valence-electron chi connectivity index (χ0n) is 14.1. The molecule has 0 aliphatic carbocycles. The second kappa shape index (κ2) is 6.76. The van der Waals surface area contributed by atoms with E-state index in [0.29, 0.717) is 11.9 Å². The largest absolute Gasteiger partial charge is 0.619 e. The fourth-order valence-corrected chi connectivity index (χ4v) is 2.79. The van der Waals surface area contributed by atoms with Crippen molar-refractivity contribution < 1.29 is 14.3 Å². The molecule has 6 heteroatoms. The summed E-state index contributed by atoms with van der Waals surface area (Å²) in [5.41, 5.74) is 2.19. The van der Waals surface area contributed by atoms with Crippen molar-refractivity contribution in [2.24, 2.45) is 0 Å². The Balaban J connectivity index is 2.20. The van der Waals surface area contributed by atoms with Gasteiger partial charge in [-0.2, -0.15) is 4.73 Å². The predicted octanol–water partition coefficient (Wildman–Crippen LogP) is 2.50. The lowest BCUT2D eigenvalue weighted by atomic mass is 10.0. The van der Waals surface area contributed by atoms with Gasteiger partial charge in [0.25, 0.3) is 0 Å². The quantitative estimate of drug-likeness (QED) is 0.416. The van der Waals surface area contributed by atoms with Crippen molar-refractivity contribution in [2.75, 3.05) is 6.61 Å². The molecule has 2 aromatic heterocycles. The van der Waals surface area contributed by atoms with Crippen molar-refractivity contribution in [3.05, 3.63) is 69.9 Å². The van der Waals surface area contributed by atoms with Crippen LogP contribution >= 0.6 is 0 Å². The van der Waals surface area contributed by atoms with Gasteiger partial charge in [0.05, 0.1) is 12.1 Å². The standard InChI is InChI=1S/C19H18N2O4/c1-3-20-12-16(19(23)25-4-2)18(22)15-6-5-14(11-17(15)20)13-7-9-21(24)10-8-13/h5-12H,3-4H2,1-2H3. The Morgan fingerprint density at radius 3 is 2.52 bits per heavy atom. The maximum Gasteiger partial charge on any atom is 0.343 e. The summed E-state index contributed by atoms with van der Waals surface area (Å²) in [6, 6.07) is 8.84. The van der Waals surface area contributed by atoms with Gasteiger partial charge in [0.1, 0.15) is 5.56 Å². The van der Waals surface area contributed by atoms with Crippen LogP contribution in [0.25, 0.3) is 22.0 Å². The molecule has 0 saturated carbocycles. The van der Waals surface area contributed by atoms with Gasteiger partial charge < -0.3 is 14.5 Å². The zero-order chi connectivity index (χ0) is 18.0. The van der Waals surface area contributed by atoms with E-state index in [4.69, 9.17) is 4.74 Å². The van der Waals surface area contributed by atoms with Crippen LogP contribution in [0.2, 0.25) is 0 Å². The molecule has 0 atom stereocenters. The minimum absolute atomic E-state index is 0.0380. The first kappa shape index (κ1) is 16.7. The molecule has 0 amide bonds. The number of carbonyl (C=O) groups is 1. The Morgan fingerprint density at radius 2 is 1.88 bits per heavy atom. The number of esters is 1. The summed E-state index contributed by atoms with van der Waals surface area (Å²) in [5.74, 6) is -0.608. The number of ether oxygens (including phenoxy) is 1. The molecule has 2 heterocycles. The summed E-state index contributed by atoms with van der Waals surface area (Å²) in [7, 11) is 0. The second-order valence-corrected chi connectivity index (χ2v) is 5.56. The summed E-state index contributed by atoms with van der Waals surface area (Å²) in [5, 5.41) is 11.7. The highest BCUT2D eigenvalue weighted by Crippen LogP contribution is 2.23. The van der Waals surface area contributed by atoms with E-state index < -0.39 is 5.97 Å². The van der Waals surface area contributed by atoms with Crippen LogP contribution in [0.1, 0.15) is 24.2 Å². The lowest BCUT2D eigenvalue weighted by molar-refractivity contribution is -0.605. The van der Waals surface area contributed by atoms with Crippen LogP contribution < -0.4 is 10.2 Å². The lowest BCUT2D eigenvalue weighted by Crippen LogP contribution is -2.23. The van der Waals surface area contributed by atoms with Crippen LogP contribution in [0.4, 0.5) is 0 Å². The van der Waals surface area contributed by atoms with Crippen LogP contribution in [0.5, 0.6) is 0 Å². The molecule has 6 nitrogen and oxygen atoms in total.